The lowest BCUT2D eigenvalue weighted by molar-refractivity contribution is -0.177. The third-order valence-corrected chi connectivity index (χ3v) is 14.9. The van der Waals surface area contributed by atoms with Crippen molar-refractivity contribution in [2.24, 2.45) is 5.92 Å². The van der Waals surface area contributed by atoms with Crippen LogP contribution >= 0.6 is 11.3 Å². The van der Waals surface area contributed by atoms with Gasteiger partial charge in [-0.2, -0.15) is 0 Å². The van der Waals surface area contributed by atoms with Gasteiger partial charge in [0, 0.05) is 5.56 Å². The highest BCUT2D eigenvalue weighted by Crippen LogP contribution is 2.66. The number of allylic oxidation sites excluding steroid dienone is 2. The smallest absolute Gasteiger partial charge is 0.329 e. The number of fused-ring (bicyclic) bond motifs is 4. The van der Waals surface area contributed by atoms with E-state index in [4.69, 9.17) is 9.72 Å². The third-order valence-electron chi connectivity index (χ3n) is 14.0. The largest absolute Gasteiger partial charge is 0.508 e. The van der Waals surface area contributed by atoms with Gasteiger partial charge in [0.2, 0.25) is 11.8 Å². The molecule has 0 bridgehead atoms. The molecule has 2 fully saturated rings. The Bertz CT molecular complexity index is 3190. The molecule has 0 saturated carbocycles. The molecule has 0 unspecified atom stereocenters. The van der Waals surface area contributed by atoms with Crippen molar-refractivity contribution < 1.29 is 29.0 Å². The molecule has 3 aliphatic heterocycles. The molecule has 0 radical (unpaired) electrons. The molecule has 11 nitrogen and oxygen atoms in total. The number of phenols is 1. The number of rotatable bonds is 7. The van der Waals surface area contributed by atoms with E-state index in [-0.39, 0.29) is 16.6 Å². The number of hydrogen-bond acceptors (Lipinski definition) is 9. The summed E-state index contributed by atoms with van der Waals surface area (Å²) in [6.07, 6.45) is 5.19. The van der Waals surface area contributed by atoms with Crippen molar-refractivity contribution in [1.29, 1.82) is 0 Å². The first kappa shape index (κ1) is 43.7. The fraction of sp³-hybridized carbons (Fsp3) is 0.211. The number of ether oxygens (including phenoxy) is 1. The molecule has 2 saturated heterocycles. The van der Waals surface area contributed by atoms with Crippen LogP contribution in [-0.2, 0) is 24.5 Å². The number of nitrogens with zero attached hydrogens (tertiary/aromatic N) is 3. The minimum Gasteiger partial charge on any atom is -0.508 e. The van der Waals surface area contributed by atoms with Crippen molar-refractivity contribution in [3.63, 3.8) is 0 Å². The molecule has 4 aliphatic rings. The number of anilines is 2. The van der Waals surface area contributed by atoms with Crippen molar-refractivity contribution in [3.8, 4) is 17.6 Å². The highest BCUT2D eigenvalue weighted by molar-refractivity contribution is 7.22. The SMILES string of the molecule is C[C@@H](NC(=O)N1C(=O)[C@@]2(c3cc(C#CC4=CCCCC4)ccc31)[C@H](C(=O)Nc1nc3ccccc3s1)[C@H]1C(=O)O[C@H](c3ccccc3)[C@H](c3ccccc3)N1[C@@H]2c1ccc(O)cc1)c1ccccc1. The molecular formula is C57H47N5O6S. The van der Waals surface area contributed by atoms with E-state index >= 15 is 19.2 Å². The van der Waals surface area contributed by atoms with Crippen LogP contribution in [0.3, 0.4) is 0 Å². The van der Waals surface area contributed by atoms with Crippen molar-refractivity contribution in [3.05, 3.63) is 203 Å². The van der Waals surface area contributed by atoms with E-state index in [2.05, 4.69) is 28.6 Å². The Kier molecular flexibility index (Phi) is 11.4. The van der Waals surface area contributed by atoms with Crippen molar-refractivity contribution in [2.75, 3.05) is 10.2 Å². The molecule has 342 valence electrons. The number of hydrogen-bond donors (Lipinski definition) is 3. The summed E-state index contributed by atoms with van der Waals surface area (Å²) in [5.41, 5.74) is 3.69. The van der Waals surface area contributed by atoms with Gasteiger partial charge in [0.05, 0.1) is 39.9 Å². The van der Waals surface area contributed by atoms with Gasteiger partial charge in [-0.25, -0.2) is 14.7 Å². The summed E-state index contributed by atoms with van der Waals surface area (Å²) in [7, 11) is 0. The topological polar surface area (TPSA) is 141 Å². The number of amides is 4. The van der Waals surface area contributed by atoms with Crippen LogP contribution in [0.1, 0.15) is 90.2 Å². The Labute approximate surface area is 403 Å². The number of urea groups is 1. The van der Waals surface area contributed by atoms with Gasteiger partial charge in [0.25, 0.3) is 0 Å². The van der Waals surface area contributed by atoms with Crippen LogP contribution in [0.25, 0.3) is 10.2 Å². The second-order valence-corrected chi connectivity index (χ2v) is 19.0. The molecule has 1 aromatic heterocycles. The van der Waals surface area contributed by atoms with Gasteiger partial charge in [-0.3, -0.25) is 19.3 Å². The van der Waals surface area contributed by atoms with Crippen molar-refractivity contribution in [1.82, 2.24) is 15.2 Å². The summed E-state index contributed by atoms with van der Waals surface area (Å²) in [4.78, 5) is 71.1. The molecule has 11 rings (SSSR count). The number of nitrogens with one attached hydrogen (secondary N) is 2. The number of benzene rings is 6. The maximum atomic E-state index is 16.7. The Morgan fingerprint density at radius 3 is 2.20 bits per heavy atom. The zero-order valence-electron chi connectivity index (χ0n) is 37.6. The minimum absolute atomic E-state index is 0.0177. The summed E-state index contributed by atoms with van der Waals surface area (Å²) in [6, 6.07) is 43.4. The number of imide groups is 1. The van der Waals surface area contributed by atoms with Crippen LogP contribution in [0, 0.1) is 17.8 Å². The van der Waals surface area contributed by atoms with Crippen molar-refractivity contribution >= 4 is 56.2 Å². The maximum Gasteiger partial charge on any atom is 0.329 e. The molecular weight excluding hydrogens is 883 g/mol. The van der Waals surface area contributed by atoms with Gasteiger partial charge in [-0.1, -0.05) is 145 Å². The fourth-order valence-corrected chi connectivity index (χ4v) is 11.8. The predicted molar refractivity (Wildman–Crippen MR) is 265 cm³/mol. The third kappa shape index (κ3) is 7.64. The van der Waals surface area contributed by atoms with Crippen LogP contribution in [0.4, 0.5) is 15.6 Å². The minimum atomic E-state index is -2.01. The monoisotopic (exact) mass is 929 g/mol. The van der Waals surface area contributed by atoms with E-state index in [1.807, 2.05) is 133 Å². The average molecular weight is 930 g/mol. The number of esters is 1. The molecule has 1 aliphatic carbocycles. The molecule has 4 heterocycles. The summed E-state index contributed by atoms with van der Waals surface area (Å²) >= 11 is 1.27. The van der Waals surface area contributed by atoms with E-state index in [0.717, 1.165) is 52.0 Å². The average Bonchev–Trinajstić information content (AvgIpc) is 4.02. The molecule has 6 aromatic carbocycles. The number of morpholine rings is 1. The van der Waals surface area contributed by atoms with Crippen LogP contribution in [-0.4, -0.2) is 44.8 Å². The van der Waals surface area contributed by atoms with Crippen molar-refractivity contribution in [2.45, 2.75) is 68.3 Å². The molecule has 7 atom stereocenters. The lowest BCUT2D eigenvalue weighted by Gasteiger charge is -2.46. The van der Waals surface area contributed by atoms with Crippen LogP contribution < -0.4 is 15.5 Å². The standard InChI is InChI=1S/C57H47N5O6S/c1-35(38-18-8-3-9-19-38)58-56(67)61-45-33-28-37(27-26-36-16-6-2-7-17-36)34-43(45)57(54(61)66)47(52(64)60-55-59-44-24-14-15-25-46(44)69-55)49-53(65)68-50(40-22-12-5-13-23-40)48(39-20-10-4-11-21-39)62(49)51(57)41-29-31-42(63)32-30-41/h3-5,8-16,18-25,28-35,47-51,63H,2,6-7,17H2,1H3,(H,58,67)(H,59,60,64)/t35-,47+,48+,49+,50-,51-,57+/m1/s1. The van der Waals surface area contributed by atoms with Crippen LogP contribution in [0.15, 0.2) is 169 Å². The van der Waals surface area contributed by atoms with E-state index < -0.39 is 65.4 Å². The quantitative estimate of drug-likeness (QED) is 0.106. The highest BCUT2D eigenvalue weighted by Gasteiger charge is 2.75. The number of thiazole rings is 1. The van der Waals surface area contributed by atoms with E-state index in [1.54, 1.807) is 24.3 Å². The first-order chi connectivity index (χ1) is 33.7. The number of cyclic esters (lactones) is 1. The number of carbonyl (C=O) groups excluding carboxylic acids is 4. The second kappa shape index (κ2) is 18.0. The van der Waals surface area contributed by atoms with E-state index in [1.165, 1.54) is 23.5 Å². The summed E-state index contributed by atoms with van der Waals surface area (Å²) in [6.45, 7) is 1.84. The van der Waals surface area contributed by atoms with Gasteiger partial charge in [-0.05, 0) is 108 Å². The zero-order valence-corrected chi connectivity index (χ0v) is 38.4. The predicted octanol–water partition coefficient (Wildman–Crippen LogP) is 10.6. The second-order valence-electron chi connectivity index (χ2n) is 18.0. The lowest BCUT2D eigenvalue weighted by atomic mass is 9.65. The van der Waals surface area contributed by atoms with Gasteiger partial charge in [0.15, 0.2) is 5.13 Å². The maximum absolute atomic E-state index is 16.7. The Morgan fingerprint density at radius 1 is 0.797 bits per heavy atom. The lowest BCUT2D eigenvalue weighted by Crippen LogP contribution is -2.55. The van der Waals surface area contributed by atoms with E-state index in [9.17, 15) is 5.11 Å². The first-order valence-corrected chi connectivity index (χ1v) is 24.1. The fourth-order valence-electron chi connectivity index (χ4n) is 10.9. The normalized spacial score (nSPS) is 23.3. The zero-order chi connectivity index (χ0) is 47.2. The molecule has 1 spiro atoms. The molecule has 3 N–H and O–H groups in total. The highest BCUT2D eigenvalue weighted by atomic mass is 32.1. The summed E-state index contributed by atoms with van der Waals surface area (Å²) < 4.78 is 7.45. The Hall–Kier alpha value is -7.85. The molecule has 12 heteroatoms. The molecule has 7 aromatic rings. The van der Waals surface area contributed by atoms with Gasteiger partial charge < -0.3 is 20.5 Å². The summed E-state index contributed by atoms with van der Waals surface area (Å²) in [5, 5.41) is 17.2. The number of aromatic nitrogens is 1. The number of aromatic hydroxyl groups is 1. The Balaban J connectivity index is 1.18. The Morgan fingerprint density at radius 2 is 1.49 bits per heavy atom. The van der Waals surface area contributed by atoms with E-state index in [0.29, 0.717) is 27.8 Å². The molecule has 69 heavy (non-hydrogen) atoms. The number of para-hydroxylation sites is 1. The van der Waals surface area contributed by atoms with Gasteiger partial charge in [-0.15, -0.1) is 0 Å². The molecule has 4 amide bonds. The summed E-state index contributed by atoms with van der Waals surface area (Å²) in [5.74, 6) is 3.11. The van der Waals surface area contributed by atoms with Crippen LogP contribution in [0.5, 0.6) is 5.75 Å². The van der Waals surface area contributed by atoms with Crippen LogP contribution in [0.2, 0.25) is 0 Å². The van der Waals surface area contributed by atoms with Gasteiger partial charge >= 0.3 is 12.0 Å². The number of phenolic OH excluding ortho intramolecular Hbond substituents is 1. The number of carbonyl (C=O) groups is 4. The first-order valence-electron chi connectivity index (χ1n) is 23.3. The van der Waals surface area contributed by atoms with Gasteiger partial charge in [0.1, 0.15) is 23.3 Å².